The molecular formula is C116H128N16O14. The van der Waals surface area contributed by atoms with Crippen LogP contribution in [-0.4, -0.2) is 148 Å². The zero-order valence-electron chi connectivity index (χ0n) is 84.7. The Morgan fingerprint density at radius 1 is 0.384 bits per heavy atom. The van der Waals surface area contributed by atoms with Gasteiger partial charge in [-0.15, -0.1) is 0 Å². The van der Waals surface area contributed by atoms with Crippen LogP contribution in [0.5, 0.6) is 0 Å². The molecule has 146 heavy (non-hydrogen) atoms. The first-order valence-corrected chi connectivity index (χ1v) is 53.4. The smallest absolute Gasteiger partial charge is 0.162 e. The number of aromatic amines is 5. The molecular weight excluding hydrogens is 1840 g/mol. The Balaban J connectivity index is 0.0000000953. The largest absolute Gasteiger partial charge is 0.393 e. The van der Waals surface area contributed by atoms with Gasteiger partial charge in [0.2, 0.25) is 0 Å². The summed E-state index contributed by atoms with van der Waals surface area (Å²) in [5, 5.41) is 88.3. The van der Waals surface area contributed by atoms with Crippen molar-refractivity contribution in [3.8, 4) is 55.6 Å². The molecule has 16 atom stereocenters. The highest BCUT2D eigenvalue weighted by Crippen LogP contribution is 2.58. The number of pyridine rings is 1. The fraction of sp³-hybridized carbons (Fsp3) is 0.491. The molecule has 1 aliphatic heterocycles. The second-order valence-electron chi connectivity index (χ2n) is 44.9. The van der Waals surface area contributed by atoms with Crippen LogP contribution in [0.15, 0.2) is 107 Å². The second kappa shape index (κ2) is 36.8. The number of nitrogens with one attached hydrogen (secondary N) is 5. The number of aliphatic hydroxyl groups excluding tert-OH is 5. The van der Waals surface area contributed by atoms with Gasteiger partial charge in [-0.1, -0.05) is 38.3 Å². The number of carbonyl (C=O) groups excluding carboxylic acids is 2. The van der Waals surface area contributed by atoms with Gasteiger partial charge in [0.25, 0.3) is 0 Å². The molecule has 13 aliphatic rings. The number of aromatic nitrogens is 16. The van der Waals surface area contributed by atoms with Gasteiger partial charge in [-0.05, 0) is 360 Å². The van der Waals surface area contributed by atoms with Crippen LogP contribution in [0.25, 0.3) is 117 Å². The summed E-state index contributed by atoms with van der Waals surface area (Å²) in [5.74, 6) is 13.3. The lowest BCUT2D eigenvalue weighted by atomic mass is 9.79. The van der Waals surface area contributed by atoms with Gasteiger partial charge >= 0.3 is 0 Å². The van der Waals surface area contributed by atoms with Gasteiger partial charge in [0.15, 0.2) is 11.4 Å². The summed E-state index contributed by atoms with van der Waals surface area (Å²) in [4.78, 5) is 72.3. The van der Waals surface area contributed by atoms with Crippen LogP contribution in [0.2, 0.25) is 0 Å². The molecule has 0 radical (unpaired) electrons. The van der Waals surface area contributed by atoms with Crippen molar-refractivity contribution in [3.63, 3.8) is 0 Å². The minimum absolute atomic E-state index is 0.113. The van der Waals surface area contributed by atoms with Crippen LogP contribution in [0.4, 0.5) is 0 Å². The van der Waals surface area contributed by atoms with Crippen molar-refractivity contribution in [3.05, 3.63) is 210 Å². The number of rotatable bonds is 20. The van der Waals surface area contributed by atoms with Gasteiger partial charge in [-0.2, -0.15) is 0 Å². The number of Topliss-reactive ketones (excluding diaryl/α,β-unsaturated/α-hetero) is 2. The third-order valence-electron chi connectivity index (χ3n) is 34.7. The average Bonchev–Trinajstić information content (AvgIpc) is 1.51. The number of benzene rings is 5. The van der Waals surface area contributed by atoms with Crippen molar-refractivity contribution in [2.45, 2.75) is 302 Å². The number of allylic oxidation sites excluding steroid dienone is 1. The maximum absolute atomic E-state index is 12.8. The van der Waals surface area contributed by atoms with Gasteiger partial charge < -0.3 is 82.9 Å². The zero-order valence-corrected chi connectivity index (χ0v) is 84.7. The molecule has 0 spiro atoms. The summed E-state index contributed by atoms with van der Waals surface area (Å²) in [6.45, 7) is 21.8. The van der Waals surface area contributed by atoms with Crippen LogP contribution < -0.4 is 0 Å². The molecule has 30 heteroatoms. The molecule has 12 saturated carbocycles. The first kappa shape index (κ1) is 94.4. The van der Waals surface area contributed by atoms with Gasteiger partial charge in [-0.3, -0.25) is 14.6 Å². The molecule has 5 aromatic carbocycles. The van der Waals surface area contributed by atoms with Crippen LogP contribution >= 0.6 is 0 Å². The Hall–Kier alpha value is -12.6. The van der Waals surface area contributed by atoms with E-state index in [4.69, 9.17) is 57.3 Å². The van der Waals surface area contributed by atoms with Crippen molar-refractivity contribution in [2.24, 2.45) is 53.3 Å². The first-order valence-electron chi connectivity index (χ1n) is 53.4. The topological polar surface area (TPSA) is 451 Å². The average molecular weight is 1970 g/mol. The molecule has 1 saturated heterocycles. The molecule has 14 unspecified atom stereocenters. The number of ketones is 2. The Morgan fingerprint density at radius 2 is 0.788 bits per heavy atom. The number of nitrogens with zero attached hydrogens (tertiary/aromatic N) is 11. The minimum Gasteiger partial charge on any atom is -0.393 e. The molecule has 16 aromatic rings. The standard InChI is InChI=1S/C26H28N4O3.C23H27N3O3.C23H25N3O3.C23H23N3O2.C21H25N3O3/c1-14-6-4-7-21(27-14)26(31,22-8-5-11-32-22)19-12-18(23-15(2)30-33-16(23)3)13-20-24(19)29-25(28-20)17-9-10-17;2*1-10-18(11(2)29-26-10)15-8-16(20-17(9-15)24-23(25-20)12-3-4-12)22(28)19-13-5-6-14(7-13)21(19)27;1-11-20(12(2)28-26-11)16-8-17(9-18-14-5-6-15(7-14)22(18)27)21-19(10-16)24-23(25-21)13-3-4-13;1-10-18(11(2)27-24-10)13-8-15(20(26)14-4-3-5-17(14)25)19-16(9-13)22-21(23-19)12-6-7-12/h4,6-7,12-13,17,22,31H,5,8-11H2,1-3H3,(H,28,29);8-9,12-14,19,21-22,27-28H,3-7H2,1-2H3,(H,24,25);8-9,12-14,19,22,28H,3-7H2,1-2H3,(H,24,25);8-10,13-15H,3-7H2,1-2H3,(H,24,25);8-9,12,14,17,20,25-26H,3-7H2,1-2H3,(H,22,23)/b;;;18-9-;/t22-,26+;;;;/m1..../s1. The zero-order chi connectivity index (χ0) is 100. The Labute approximate surface area is 843 Å². The number of carbonyl (C=O) groups is 2. The Morgan fingerprint density at radius 3 is 1.18 bits per heavy atom. The maximum Gasteiger partial charge on any atom is 0.162 e. The highest BCUT2D eigenvalue weighted by molar-refractivity contribution is 6.06. The SMILES string of the molecule is Cc1cccc([C@@](O)(c2cc(-c3c(C)noc3C)cc3[nH]c(C4CC4)nc23)[C@H]2CCCO2)n1.Cc1noc(C)c1-c1cc(/C=C2\C(=O)C3CCC2C3)c2nc(C3CC3)[nH]c2c1.Cc1noc(C)c1-c1cc(C(O)C2C(=O)C3CCC2C3)c2nc(C3CC3)[nH]c2c1.Cc1noc(C)c1-c1cc(C(O)C2C3CCC(C3)C2O)c2nc(C3CC3)[nH]c2c1.Cc1noc(C)c1-c1cc(C(O)C2CCCC2O)c2nc(C3CC3)[nH]c2c1. The predicted octanol–water partition coefficient (Wildman–Crippen LogP) is 22.3. The van der Waals surface area contributed by atoms with Crippen molar-refractivity contribution < 1.29 is 67.6 Å². The summed E-state index contributed by atoms with van der Waals surface area (Å²) in [6.07, 6.45) is 23.8. The molecule has 11 aromatic heterocycles. The van der Waals surface area contributed by atoms with Gasteiger partial charge in [0.05, 0.1) is 132 Å². The number of hydrogen-bond donors (Lipinski definition) is 11. The van der Waals surface area contributed by atoms with E-state index in [1.165, 1.54) is 25.7 Å². The fourth-order valence-electron chi connectivity index (χ4n) is 26.5. The highest BCUT2D eigenvalue weighted by atomic mass is 16.5. The molecule has 30 nitrogen and oxygen atoms in total. The van der Waals surface area contributed by atoms with E-state index in [0.29, 0.717) is 76.9 Å². The number of imidazole rings is 5. The summed E-state index contributed by atoms with van der Waals surface area (Å²) in [6, 6.07) is 26.4. The molecule has 12 aliphatic carbocycles. The van der Waals surface area contributed by atoms with Gasteiger partial charge in [0.1, 0.15) is 63.7 Å². The summed E-state index contributed by atoms with van der Waals surface area (Å²) in [7, 11) is 0. The van der Waals surface area contributed by atoms with Gasteiger partial charge in [-0.25, -0.2) is 24.9 Å². The van der Waals surface area contributed by atoms with E-state index in [2.05, 4.69) is 93.2 Å². The normalized spacial score (nSPS) is 25.3. The molecule has 756 valence electrons. The summed E-state index contributed by atoms with van der Waals surface area (Å²) < 4.78 is 33.1. The van der Waals surface area contributed by atoms with Crippen LogP contribution in [0.1, 0.15) is 328 Å². The van der Waals surface area contributed by atoms with E-state index < -0.39 is 42.2 Å². The van der Waals surface area contributed by atoms with Crippen LogP contribution in [-0.2, 0) is 19.9 Å². The van der Waals surface area contributed by atoms with E-state index in [1.54, 1.807) is 0 Å². The molecule has 29 rings (SSSR count). The van der Waals surface area contributed by atoms with Crippen molar-refractivity contribution >= 4 is 72.8 Å². The highest BCUT2D eigenvalue weighted by Gasteiger charge is 2.54. The lowest BCUT2D eigenvalue weighted by Crippen LogP contribution is -2.41. The van der Waals surface area contributed by atoms with Crippen LogP contribution in [0, 0.1) is 129 Å². The second-order valence-corrected chi connectivity index (χ2v) is 44.9. The first-order chi connectivity index (χ1) is 70.6. The van der Waals surface area contributed by atoms with E-state index in [0.717, 1.165) is 359 Å². The minimum atomic E-state index is -1.44. The third kappa shape index (κ3) is 16.9. The Kier molecular flexibility index (Phi) is 23.8. The molecule has 13 fully saturated rings. The van der Waals surface area contributed by atoms with Gasteiger partial charge in [0, 0.05) is 121 Å². The molecule has 11 N–H and O–H groups in total. The quantitative estimate of drug-likeness (QED) is 0.0316. The molecule has 6 bridgehead atoms. The molecule has 12 heterocycles. The Bertz CT molecular complexity index is 7750. The molecule has 0 amide bonds. The maximum atomic E-state index is 12.8. The van der Waals surface area contributed by atoms with Crippen molar-refractivity contribution in [1.82, 2.24) is 80.6 Å². The van der Waals surface area contributed by atoms with Crippen LogP contribution in [0.3, 0.4) is 0 Å². The lowest BCUT2D eigenvalue weighted by molar-refractivity contribution is -0.129. The number of H-pyrrole nitrogens is 5. The number of hydrogen-bond acceptors (Lipinski definition) is 25. The van der Waals surface area contributed by atoms with E-state index in [9.17, 15) is 40.2 Å². The third-order valence-corrected chi connectivity index (χ3v) is 34.7. The summed E-state index contributed by atoms with van der Waals surface area (Å²) >= 11 is 0. The number of fused-ring (bicyclic) bond motifs is 11. The van der Waals surface area contributed by atoms with E-state index in [1.807, 2.05) is 119 Å². The van der Waals surface area contributed by atoms with E-state index in [-0.39, 0.29) is 35.4 Å². The number of ether oxygens (including phenoxy) is 1. The summed E-state index contributed by atoms with van der Waals surface area (Å²) in [5.41, 5.74) is 27.9. The number of aryl methyl sites for hydroxylation is 11. The van der Waals surface area contributed by atoms with Crippen molar-refractivity contribution in [2.75, 3.05) is 6.61 Å². The van der Waals surface area contributed by atoms with E-state index >= 15 is 0 Å². The van der Waals surface area contributed by atoms with Crippen molar-refractivity contribution in [1.29, 1.82) is 0 Å². The monoisotopic (exact) mass is 1970 g/mol. The fourth-order valence-corrected chi connectivity index (χ4v) is 26.5. The predicted molar refractivity (Wildman–Crippen MR) is 548 cm³/mol. The number of aliphatic hydroxyl groups is 6. The lowest BCUT2D eigenvalue weighted by Gasteiger charge is -2.34.